The molecule has 2 N–H and O–H groups in total. The fourth-order valence-electron chi connectivity index (χ4n) is 2.03. The van der Waals surface area contributed by atoms with E-state index in [-0.39, 0.29) is 11.5 Å². The molecule has 7 heteroatoms. The van der Waals surface area contributed by atoms with Crippen LogP contribution in [0.1, 0.15) is 10.5 Å². The topological polar surface area (TPSA) is 66.9 Å². The number of carbonyl (C=O) groups excluding carboxylic acids is 1. The van der Waals surface area contributed by atoms with Crippen molar-refractivity contribution in [2.45, 2.75) is 0 Å². The van der Waals surface area contributed by atoms with Crippen molar-refractivity contribution >= 4 is 34.7 Å². The first-order valence-electron chi connectivity index (χ1n) is 7.02. The van der Waals surface area contributed by atoms with Crippen LogP contribution in [0.4, 0.5) is 21.6 Å². The van der Waals surface area contributed by atoms with Crippen LogP contribution in [0.5, 0.6) is 0 Å². The zero-order valence-corrected chi connectivity index (χ0v) is 13.1. The van der Waals surface area contributed by atoms with Gasteiger partial charge in [0.25, 0.3) is 5.91 Å². The third kappa shape index (κ3) is 4.05. The molecule has 1 amide bonds. The molecule has 3 aromatic rings. The van der Waals surface area contributed by atoms with Crippen LogP contribution in [-0.4, -0.2) is 15.9 Å². The maximum atomic E-state index is 13.2. The van der Waals surface area contributed by atoms with Gasteiger partial charge in [-0.2, -0.15) is 0 Å². The van der Waals surface area contributed by atoms with Crippen molar-refractivity contribution in [3.8, 4) is 0 Å². The van der Waals surface area contributed by atoms with Crippen LogP contribution in [0.25, 0.3) is 0 Å². The summed E-state index contributed by atoms with van der Waals surface area (Å²) >= 11 is 5.89. The van der Waals surface area contributed by atoms with Gasteiger partial charge in [0, 0.05) is 22.5 Å². The molecule has 0 aliphatic carbocycles. The zero-order valence-electron chi connectivity index (χ0n) is 12.3. The van der Waals surface area contributed by atoms with Crippen molar-refractivity contribution < 1.29 is 9.18 Å². The van der Waals surface area contributed by atoms with E-state index in [0.29, 0.717) is 22.2 Å². The predicted molar refractivity (Wildman–Crippen MR) is 91.1 cm³/mol. The Balaban J connectivity index is 1.76. The average molecular weight is 343 g/mol. The highest BCUT2D eigenvalue weighted by Crippen LogP contribution is 2.18. The van der Waals surface area contributed by atoms with E-state index in [9.17, 15) is 9.18 Å². The van der Waals surface area contributed by atoms with Gasteiger partial charge < -0.3 is 10.6 Å². The summed E-state index contributed by atoms with van der Waals surface area (Å²) in [6.45, 7) is 0. The van der Waals surface area contributed by atoms with E-state index < -0.39 is 5.91 Å². The van der Waals surface area contributed by atoms with Crippen molar-refractivity contribution in [1.82, 2.24) is 9.97 Å². The lowest BCUT2D eigenvalue weighted by Crippen LogP contribution is -2.14. The van der Waals surface area contributed by atoms with Crippen molar-refractivity contribution in [3.05, 3.63) is 77.5 Å². The number of hydrogen-bond donors (Lipinski definition) is 2. The minimum absolute atomic E-state index is 0.170. The van der Waals surface area contributed by atoms with Crippen molar-refractivity contribution in [2.24, 2.45) is 0 Å². The number of benzene rings is 2. The molecule has 0 bridgehead atoms. The Hall–Kier alpha value is -2.99. The van der Waals surface area contributed by atoms with Gasteiger partial charge in [-0.15, -0.1) is 0 Å². The summed E-state index contributed by atoms with van der Waals surface area (Å²) in [5.41, 5.74) is 1.25. The summed E-state index contributed by atoms with van der Waals surface area (Å²) in [5.74, 6) is -0.387. The lowest BCUT2D eigenvalue weighted by Gasteiger charge is -2.08. The Bertz CT molecular complexity index is 888. The minimum atomic E-state index is -0.401. The normalized spacial score (nSPS) is 10.2. The molecule has 1 heterocycles. The molecule has 0 aliphatic rings. The molecule has 0 fully saturated rings. The van der Waals surface area contributed by atoms with Crippen LogP contribution >= 0.6 is 11.6 Å². The van der Waals surface area contributed by atoms with E-state index in [1.165, 1.54) is 24.5 Å². The molecule has 0 atom stereocenters. The summed E-state index contributed by atoms with van der Waals surface area (Å²) < 4.78 is 13.2. The zero-order chi connectivity index (χ0) is 16.9. The van der Waals surface area contributed by atoms with Gasteiger partial charge >= 0.3 is 0 Å². The highest BCUT2D eigenvalue weighted by molar-refractivity contribution is 6.30. The molecule has 0 unspecified atom stereocenters. The average Bonchev–Trinajstić information content (AvgIpc) is 2.55. The molecule has 0 saturated heterocycles. The number of amides is 1. The number of nitrogens with one attached hydrogen (secondary N) is 2. The third-order valence-corrected chi connectivity index (χ3v) is 3.31. The second-order valence-corrected chi connectivity index (χ2v) is 5.32. The Kier molecular flexibility index (Phi) is 4.67. The summed E-state index contributed by atoms with van der Waals surface area (Å²) in [6, 6.07) is 14.2. The van der Waals surface area contributed by atoms with Crippen LogP contribution in [-0.2, 0) is 0 Å². The van der Waals surface area contributed by atoms with Gasteiger partial charge in [-0.25, -0.2) is 14.4 Å². The van der Waals surface area contributed by atoms with Crippen LogP contribution in [0.2, 0.25) is 5.02 Å². The second kappa shape index (κ2) is 7.06. The summed E-state index contributed by atoms with van der Waals surface area (Å²) in [7, 11) is 0. The predicted octanol–water partition coefficient (Wildman–Crippen LogP) is 4.27. The van der Waals surface area contributed by atoms with Crippen molar-refractivity contribution in [2.75, 3.05) is 10.6 Å². The van der Waals surface area contributed by atoms with Gasteiger partial charge in [0.2, 0.25) is 0 Å². The van der Waals surface area contributed by atoms with Crippen LogP contribution in [0.3, 0.4) is 0 Å². The maximum absolute atomic E-state index is 13.2. The summed E-state index contributed by atoms with van der Waals surface area (Å²) in [6.07, 6.45) is 1.26. The van der Waals surface area contributed by atoms with E-state index in [0.717, 1.165) is 0 Å². The Labute approximate surface area is 142 Å². The number of hydrogen-bond acceptors (Lipinski definition) is 4. The molecular formula is C17H12ClFN4O. The second-order valence-electron chi connectivity index (χ2n) is 4.89. The van der Waals surface area contributed by atoms with Gasteiger partial charge in [0.15, 0.2) is 0 Å². The van der Waals surface area contributed by atoms with Gasteiger partial charge in [-0.3, -0.25) is 4.79 Å². The summed E-state index contributed by atoms with van der Waals surface area (Å²) in [4.78, 5) is 20.2. The number of carbonyl (C=O) groups is 1. The Morgan fingerprint density at radius 1 is 1.00 bits per heavy atom. The van der Waals surface area contributed by atoms with E-state index >= 15 is 0 Å². The number of aromatic nitrogens is 2. The highest BCUT2D eigenvalue weighted by Gasteiger charge is 2.10. The molecule has 0 spiro atoms. The SMILES string of the molecule is O=C(Nc1cccc(Cl)c1)c1cc(Nc2cccc(F)c2)ncn1. The quantitative estimate of drug-likeness (QED) is 0.743. The van der Waals surface area contributed by atoms with E-state index in [4.69, 9.17) is 11.6 Å². The number of anilines is 3. The standard InChI is InChI=1S/C17H12ClFN4O/c18-11-3-1-5-13(7-11)23-17(24)15-9-16(21-10-20-15)22-14-6-2-4-12(19)8-14/h1-10H,(H,23,24)(H,20,21,22). The maximum Gasteiger partial charge on any atom is 0.274 e. The number of rotatable bonds is 4. The fourth-order valence-corrected chi connectivity index (χ4v) is 2.22. The van der Waals surface area contributed by atoms with Crippen LogP contribution < -0.4 is 10.6 Å². The first-order valence-corrected chi connectivity index (χ1v) is 7.39. The third-order valence-electron chi connectivity index (χ3n) is 3.08. The Morgan fingerprint density at radius 2 is 1.79 bits per heavy atom. The monoisotopic (exact) mass is 342 g/mol. The molecule has 120 valence electrons. The number of nitrogens with zero attached hydrogens (tertiary/aromatic N) is 2. The van der Waals surface area contributed by atoms with Crippen LogP contribution in [0, 0.1) is 5.82 Å². The van der Waals surface area contributed by atoms with Gasteiger partial charge in [-0.1, -0.05) is 23.7 Å². The molecule has 24 heavy (non-hydrogen) atoms. The molecule has 3 rings (SSSR count). The number of halogens is 2. The van der Waals surface area contributed by atoms with Crippen LogP contribution in [0.15, 0.2) is 60.9 Å². The first-order chi connectivity index (χ1) is 11.6. The lowest BCUT2D eigenvalue weighted by molar-refractivity contribution is 0.102. The van der Waals surface area contributed by atoms with E-state index in [1.54, 1.807) is 36.4 Å². The first kappa shape index (κ1) is 15.9. The Morgan fingerprint density at radius 3 is 2.58 bits per heavy atom. The lowest BCUT2D eigenvalue weighted by atomic mass is 10.3. The molecule has 0 radical (unpaired) electrons. The fraction of sp³-hybridized carbons (Fsp3) is 0. The largest absolute Gasteiger partial charge is 0.340 e. The molecule has 5 nitrogen and oxygen atoms in total. The highest BCUT2D eigenvalue weighted by atomic mass is 35.5. The van der Waals surface area contributed by atoms with Crippen molar-refractivity contribution in [3.63, 3.8) is 0 Å². The molecule has 1 aromatic heterocycles. The van der Waals surface area contributed by atoms with Gasteiger partial charge in [-0.05, 0) is 36.4 Å². The molecule has 0 aliphatic heterocycles. The van der Waals surface area contributed by atoms with Gasteiger partial charge in [0.1, 0.15) is 23.7 Å². The van der Waals surface area contributed by atoms with E-state index in [1.807, 2.05) is 0 Å². The van der Waals surface area contributed by atoms with Gasteiger partial charge in [0.05, 0.1) is 0 Å². The summed E-state index contributed by atoms with van der Waals surface area (Å²) in [5, 5.41) is 6.14. The minimum Gasteiger partial charge on any atom is -0.340 e. The smallest absolute Gasteiger partial charge is 0.274 e. The molecular weight excluding hydrogens is 331 g/mol. The van der Waals surface area contributed by atoms with E-state index in [2.05, 4.69) is 20.6 Å². The van der Waals surface area contributed by atoms with Crippen molar-refractivity contribution in [1.29, 1.82) is 0 Å². The molecule has 2 aromatic carbocycles. The molecule has 0 saturated carbocycles.